The van der Waals surface area contributed by atoms with Gasteiger partial charge >= 0.3 is 5.97 Å². The molecule has 2 aromatic carbocycles. The van der Waals surface area contributed by atoms with Crippen LogP contribution in [0.2, 0.25) is 0 Å². The highest BCUT2D eigenvalue weighted by Gasteiger charge is 2.35. The van der Waals surface area contributed by atoms with Gasteiger partial charge < -0.3 is 14.8 Å². The van der Waals surface area contributed by atoms with Gasteiger partial charge in [-0.3, -0.25) is 0 Å². The second-order valence-corrected chi connectivity index (χ2v) is 9.88. The van der Waals surface area contributed by atoms with Crippen LogP contribution in [0.5, 0.6) is 5.75 Å². The highest BCUT2D eigenvalue weighted by molar-refractivity contribution is 7.99. The predicted molar refractivity (Wildman–Crippen MR) is 139 cm³/mol. The number of thioether (sulfide) groups is 1. The number of nitrogens with one attached hydrogen (secondary N) is 1. The second kappa shape index (κ2) is 11.0. The number of aryl methyl sites for hydroxylation is 1. The molecule has 1 aliphatic heterocycles. The van der Waals surface area contributed by atoms with Crippen LogP contribution in [0, 0.1) is 6.92 Å². The molecule has 0 fully saturated rings. The van der Waals surface area contributed by atoms with Crippen molar-refractivity contribution in [2.45, 2.75) is 64.9 Å². The number of anilines is 1. The Bertz CT molecular complexity index is 1230. The summed E-state index contributed by atoms with van der Waals surface area (Å²) in [6.07, 6.45) is 0.787. The van der Waals surface area contributed by atoms with Crippen LogP contribution in [0.3, 0.4) is 0 Å². The van der Waals surface area contributed by atoms with Gasteiger partial charge in [-0.25, -0.2) is 9.48 Å². The van der Waals surface area contributed by atoms with E-state index in [0.717, 1.165) is 29.1 Å². The molecule has 184 valence electrons. The van der Waals surface area contributed by atoms with E-state index in [1.807, 2.05) is 57.2 Å². The van der Waals surface area contributed by atoms with Crippen molar-refractivity contribution >= 4 is 23.7 Å². The van der Waals surface area contributed by atoms with Crippen molar-refractivity contribution in [3.05, 3.63) is 76.5 Å². The molecule has 1 N–H and O–H groups in total. The number of fused-ring (bicyclic) bond motifs is 1. The van der Waals surface area contributed by atoms with Gasteiger partial charge in [0.25, 0.3) is 0 Å². The highest BCUT2D eigenvalue weighted by Crippen LogP contribution is 2.38. The Balaban J connectivity index is 1.70. The number of carbonyl (C=O) groups excluding carboxylic acids is 1. The molecule has 0 amide bonds. The van der Waals surface area contributed by atoms with Crippen LogP contribution < -0.4 is 10.1 Å². The summed E-state index contributed by atoms with van der Waals surface area (Å²) in [6.45, 7) is 10.2. The van der Waals surface area contributed by atoms with Crippen molar-refractivity contribution in [2.24, 2.45) is 0 Å². The molecule has 4 rings (SSSR count). The highest BCUT2D eigenvalue weighted by atomic mass is 32.2. The van der Waals surface area contributed by atoms with E-state index in [2.05, 4.69) is 36.3 Å². The minimum atomic E-state index is -0.483. The normalized spacial score (nSPS) is 15.1. The third-order valence-corrected chi connectivity index (χ3v) is 6.70. The lowest BCUT2D eigenvalue weighted by atomic mass is 9.95. The molecule has 35 heavy (non-hydrogen) atoms. The minimum Gasteiger partial charge on any atom is -0.489 e. The molecule has 0 saturated heterocycles. The van der Waals surface area contributed by atoms with Crippen molar-refractivity contribution in [1.82, 2.24) is 14.8 Å². The van der Waals surface area contributed by atoms with Crippen molar-refractivity contribution in [3.63, 3.8) is 0 Å². The average molecular weight is 493 g/mol. The van der Waals surface area contributed by atoms with Gasteiger partial charge in [-0.1, -0.05) is 55.1 Å². The van der Waals surface area contributed by atoms with E-state index in [-0.39, 0.29) is 12.1 Å². The first kappa shape index (κ1) is 24.9. The van der Waals surface area contributed by atoms with Crippen LogP contribution in [0.1, 0.15) is 56.8 Å². The van der Waals surface area contributed by atoms with Gasteiger partial charge in [0.05, 0.1) is 11.7 Å². The molecule has 0 bridgehead atoms. The summed E-state index contributed by atoms with van der Waals surface area (Å²) in [5.41, 5.74) is 4.41. The number of benzene rings is 2. The zero-order valence-electron chi connectivity index (χ0n) is 20.9. The Morgan fingerprint density at radius 3 is 2.71 bits per heavy atom. The zero-order chi connectivity index (χ0) is 24.9. The number of nitrogens with zero attached hydrogens (tertiary/aromatic N) is 3. The van der Waals surface area contributed by atoms with Crippen molar-refractivity contribution in [3.8, 4) is 5.75 Å². The summed E-state index contributed by atoms with van der Waals surface area (Å²) in [7, 11) is 0. The van der Waals surface area contributed by atoms with Crippen molar-refractivity contribution in [1.29, 1.82) is 0 Å². The quantitative estimate of drug-likeness (QED) is 0.294. The fraction of sp³-hybridized carbons (Fsp3) is 0.370. The van der Waals surface area contributed by atoms with Crippen LogP contribution in [0.15, 0.2) is 65.0 Å². The number of hydrogen-bond acceptors (Lipinski definition) is 7. The van der Waals surface area contributed by atoms with Crippen LogP contribution in [-0.2, 0) is 16.1 Å². The van der Waals surface area contributed by atoms with Gasteiger partial charge in [0.1, 0.15) is 18.4 Å². The molecule has 1 atom stereocenters. The number of allylic oxidation sites excluding steroid dienone is 1. The van der Waals surface area contributed by atoms with Crippen LogP contribution >= 0.6 is 11.8 Å². The molecule has 2 heterocycles. The van der Waals surface area contributed by atoms with Gasteiger partial charge in [0.2, 0.25) is 11.1 Å². The van der Waals surface area contributed by atoms with E-state index in [4.69, 9.17) is 14.6 Å². The van der Waals surface area contributed by atoms with Gasteiger partial charge in [-0.15, -0.1) is 5.10 Å². The Kier molecular flexibility index (Phi) is 7.80. The van der Waals surface area contributed by atoms with E-state index in [1.165, 1.54) is 5.56 Å². The zero-order valence-corrected chi connectivity index (χ0v) is 21.7. The van der Waals surface area contributed by atoms with Crippen molar-refractivity contribution in [2.75, 3.05) is 11.1 Å². The summed E-state index contributed by atoms with van der Waals surface area (Å²) in [5, 5.41) is 8.68. The monoisotopic (exact) mass is 492 g/mol. The van der Waals surface area contributed by atoms with Crippen LogP contribution in [0.4, 0.5) is 5.95 Å². The lowest BCUT2D eigenvalue weighted by Crippen LogP contribution is -2.30. The summed E-state index contributed by atoms with van der Waals surface area (Å²) < 4.78 is 13.5. The summed E-state index contributed by atoms with van der Waals surface area (Å²) in [4.78, 5) is 17.9. The molecule has 7 nitrogen and oxygen atoms in total. The molecule has 8 heteroatoms. The van der Waals surface area contributed by atoms with E-state index < -0.39 is 6.04 Å². The third kappa shape index (κ3) is 5.70. The largest absolute Gasteiger partial charge is 0.489 e. The van der Waals surface area contributed by atoms with E-state index in [9.17, 15) is 4.79 Å². The summed E-state index contributed by atoms with van der Waals surface area (Å²) >= 11 is 1.60. The lowest BCUT2D eigenvalue weighted by molar-refractivity contribution is -0.143. The van der Waals surface area contributed by atoms with Crippen molar-refractivity contribution < 1.29 is 14.3 Å². The molecule has 1 aliphatic rings. The number of hydrogen-bond donors (Lipinski definition) is 1. The number of ether oxygens (including phenoxy) is 2. The Morgan fingerprint density at radius 1 is 1.17 bits per heavy atom. The molecule has 3 aromatic rings. The Hall–Kier alpha value is -3.26. The molecule has 0 spiro atoms. The average Bonchev–Trinajstić information content (AvgIpc) is 3.23. The maximum atomic E-state index is 13.2. The first-order chi connectivity index (χ1) is 16.9. The smallest absolute Gasteiger partial charge is 0.338 e. The molecule has 1 aromatic heterocycles. The fourth-order valence-electron chi connectivity index (χ4n) is 3.94. The van der Waals surface area contributed by atoms with E-state index in [0.29, 0.717) is 29.0 Å². The maximum absolute atomic E-state index is 13.2. The number of carbonyl (C=O) groups is 1. The molecule has 0 radical (unpaired) electrons. The first-order valence-corrected chi connectivity index (χ1v) is 12.9. The van der Waals surface area contributed by atoms with E-state index in [1.54, 1.807) is 16.4 Å². The first-order valence-electron chi connectivity index (χ1n) is 11.9. The Morgan fingerprint density at radius 2 is 1.97 bits per heavy atom. The molecule has 0 aliphatic carbocycles. The van der Waals surface area contributed by atoms with Gasteiger partial charge in [-0.05, 0) is 62.9 Å². The second-order valence-electron chi connectivity index (χ2n) is 8.82. The molecule has 0 saturated carbocycles. The predicted octanol–water partition coefficient (Wildman–Crippen LogP) is 5.91. The SMILES string of the molecule is CCCSc1nc2n(n1)C(c1cccc(OCc3ccccc3C)c1)C(C(=O)OC(C)C)=C(C)N2. The number of rotatable bonds is 9. The van der Waals surface area contributed by atoms with Crippen LogP contribution in [-0.4, -0.2) is 32.6 Å². The van der Waals surface area contributed by atoms with Gasteiger partial charge in [0, 0.05) is 11.4 Å². The summed E-state index contributed by atoms with van der Waals surface area (Å²) in [6, 6.07) is 15.5. The number of esters is 1. The molecule has 1 unspecified atom stereocenters. The number of aromatic nitrogens is 3. The van der Waals surface area contributed by atoms with E-state index >= 15 is 0 Å². The molecular weight excluding hydrogens is 460 g/mol. The topological polar surface area (TPSA) is 78.3 Å². The van der Waals surface area contributed by atoms with Gasteiger partial charge in [0.15, 0.2) is 0 Å². The standard InChI is InChI=1S/C27H32N4O3S/c1-6-14-35-27-29-26-28-19(5)23(25(32)34-17(2)3)24(31(26)30-27)20-12-9-13-22(15-20)33-16-21-11-8-7-10-18(21)4/h7-13,15,17,24H,6,14,16H2,1-5H3,(H,28,29,30). The third-order valence-electron chi connectivity index (χ3n) is 5.66. The maximum Gasteiger partial charge on any atom is 0.338 e. The lowest BCUT2D eigenvalue weighted by Gasteiger charge is -2.28. The minimum absolute atomic E-state index is 0.236. The fourth-order valence-corrected chi connectivity index (χ4v) is 4.63. The van der Waals surface area contributed by atoms with Gasteiger partial charge in [-0.2, -0.15) is 4.98 Å². The Labute approximate surface area is 210 Å². The van der Waals surface area contributed by atoms with Crippen LogP contribution in [0.25, 0.3) is 0 Å². The summed E-state index contributed by atoms with van der Waals surface area (Å²) in [5.74, 6) is 1.88. The molecular formula is C27H32N4O3S.